The molecular weight excluding hydrogens is 336 g/mol. The molecule has 2 aromatic heterocycles. The number of allylic oxidation sites excluding steroid dienone is 5. The van der Waals surface area contributed by atoms with Crippen LogP contribution in [-0.2, 0) is 4.74 Å². The molecule has 0 saturated carbocycles. The Bertz CT molecular complexity index is 855. The van der Waals surface area contributed by atoms with Crippen LogP contribution >= 0.6 is 0 Å². The van der Waals surface area contributed by atoms with Gasteiger partial charge in [0.25, 0.3) is 0 Å². The molecule has 0 aliphatic heterocycles. The highest BCUT2D eigenvalue weighted by molar-refractivity contribution is 5.84. The van der Waals surface area contributed by atoms with E-state index in [0.717, 1.165) is 65.7 Å². The largest absolute Gasteiger partial charge is 0.501 e. The lowest BCUT2D eigenvalue weighted by Crippen LogP contribution is -2.27. The molecule has 0 amide bonds. The van der Waals surface area contributed by atoms with E-state index in [2.05, 4.69) is 31.4 Å². The zero-order valence-electron chi connectivity index (χ0n) is 17.5. The molecule has 0 fully saturated rings. The van der Waals surface area contributed by atoms with Crippen LogP contribution in [0.2, 0.25) is 0 Å². The summed E-state index contributed by atoms with van der Waals surface area (Å²) in [5.41, 5.74) is 4.80. The van der Waals surface area contributed by atoms with E-state index in [4.69, 9.17) is 14.8 Å². The van der Waals surface area contributed by atoms with Crippen LogP contribution in [0.15, 0.2) is 36.6 Å². The van der Waals surface area contributed by atoms with E-state index in [1.54, 1.807) is 7.11 Å². The maximum atomic E-state index is 5.24. The van der Waals surface area contributed by atoms with Crippen LogP contribution in [0.3, 0.4) is 0 Å². The summed E-state index contributed by atoms with van der Waals surface area (Å²) in [5, 5.41) is 4.83. The first-order chi connectivity index (χ1) is 13.0. The molecule has 0 radical (unpaired) electrons. The second-order valence-electron chi connectivity index (χ2n) is 6.75. The highest BCUT2D eigenvalue weighted by Gasteiger charge is 2.18. The third kappa shape index (κ3) is 4.59. The molecule has 0 unspecified atom stereocenters. The van der Waals surface area contributed by atoms with Crippen molar-refractivity contribution in [3.8, 4) is 0 Å². The van der Waals surface area contributed by atoms with Crippen LogP contribution in [0.25, 0.3) is 11.2 Å². The van der Waals surface area contributed by atoms with E-state index in [0.29, 0.717) is 0 Å². The van der Waals surface area contributed by atoms with E-state index < -0.39 is 0 Å². The Morgan fingerprint density at radius 3 is 2.44 bits per heavy atom. The van der Waals surface area contributed by atoms with Gasteiger partial charge in [-0.2, -0.15) is 9.61 Å². The lowest BCUT2D eigenvalue weighted by molar-refractivity contribution is 0.294. The fourth-order valence-corrected chi connectivity index (χ4v) is 3.20. The van der Waals surface area contributed by atoms with E-state index in [1.165, 1.54) is 0 Å². The van der Waals surface area contributed by atoms with Gasteiger partial charge in [0.2, 0.25) is 0 Å². The SMILES string of the molecule is C=C/C(=C\C=C(/C)OC)c1c(C)nn2c(N(CCC)CCC)cc(C)nc12. The Labute approximate surface area is 163 Å². The van der Waals surface area contributed by atoms with Crippen molar-refractivity contribution in [2.24, 2.45) is 0 Å². The molecule has 27 heavy (non-hydrogen) atoms. The predicted molar refractivity (Wildman–Crippen MR) is 114 cm³/mol. The normalized spacial score (nSPS) is 12.5. The molecule has 2 aromatic rings. The van der Waals surface area contributed by atoms with Crippen LogP contribution < -0.4 is 4.90 Å². The molecule has 5 nitrogen and oxygen atoms in total. The van der Waals surface area contributed by atoms with Crippen molar-refractivity contribution < 1.29 is 4.74 Å². The summed E-state index contributed by atoms with van der Waals surface area (Å²) in [6.07, 6.45) is 7.99. The fraction of sp³-hybridized carbons (Fsp3) is 0.455. The van der Waals surface area contributed by atoms with Crippen LogP contribution in [0.1, 0.15) is 50.6 Å². The number of ether oxygens (including phenoxy) is 1. The summed E-state index contributed by atoms with van der Waals surface area (Å²) >= 11 is 0. The molecule has 0 aliphatic carbocycles. The zero-order valence-corrected chi connectivity index (χ0v) is 17.5. The predicted octanol–water partition coefficient (Wildman–Crippen LogP) is 5.09. The van der Waals surface area contributed by atoms with Crippen LogP contribution in [-0.4, -0.2) is 34.8 Å². The summed E-state index contributed by atoms with van der Waals surface area (Å²) in [6.45, 7) is 16.4. The number of fused-ring (bicyclic) bond motifs is 1. The van der Waals surface area contributed by atoms with E-state index >= 15 is 0 Å². The third-order valence-electron chi connectivity index (χ3n) is 4.51. The quantitative estimate of drug-likeness (QED) is 0.457. The van der Waals surface area contributed by atoms with Gasteiger partial charge in [0.15, 0.2) is 5.65 Å². The standard InChI is InChI=1S/C22H32N4O/c1-8-13-25(14-9-2)20-15-16(4)23-22-21(18(6)24-26(20)22)19(10-3)12-11-17(5)27-7/h10-12,15H,3,8-9,13-14H2,1-2,4-7H3/b17-11+,19-12+. The minimum atomic E-state index is 0.838. The smallest absolute Gasteiger partial charge is 0.165 e. The first-order valence-corrected chi connectivity index (χ1v) is 9.64. The van der Waals surface area contributed by atoms with Crippen molar-refractivity contribution in [1.82, 2.24) is 14.6 Å². The highest BCUT2D eigenvalue weighted by Crippen LogP contribution is 2.28. The first kappa shape index (κ1) is 20.7. The second kappa shape index (κ2) is 9.40. The Hall–Kier alpha value is -2.56. The van der Waals surface area contributed by atoms with E-state index in [1.807, 2.05) is 43.5 Å². The molecule has 0 atom stereocenters. The van der Waals surface area contributed by atoms with Gasteiger partial charge in [0.05, 0.1) is 18.6 Å². The van der Waals surface area contributed by atoms with Gasteiger partial charge in [0, 0.05) is 30.4 Å². The number of aryl methyl sites for hydroxylation is 2. The first-order valence-electron chi connectivity index (χ1n) is 9.64. The number of methoxy groups -OCH3 is 1. The third-order valence-corrected chi connectivity index (χ3v) is 4.51. The molecule has 2 heterocycles. The van der Waals surface area contributed by atoms with Gasteiger partial charge >= 0.3 is 0 Å². The molecule has 0 aliphatic rings. The fourth-order valence-electron chi connectivity index (χ4n) is 3.20. The number of nitrogens with zero attached hydrogens (tertiary/aromatic N) is 4. The van der Waals surface area contributed by atoms with Crippen molar-refractivity contribution >= 4 is 17.0 Å². The maximum Gasteiger partial charge on any atom is 0.165 e. The lowest BCUT2D eigenvalue weighted by Gasteiger charge is -2.24. The van der Waals surface area contributed by atoms with Gasteiger partial charge in [-0.05, 0) is 45.3 Å². The van der Waals surface area contributed by atoms with Crippen molar-refractivity contribution in [2.45, 2.75) is 47.5 Å². The van der Waals surface area contributed by atoms with E-state index in [-0.39, 0.29) is 0 Å². The molecule has 0 bridgehead atoms. The monoisotopic (exact) mass is 368 g/mol. The minimum absolute atomic E-state index is 0.838. The van der Waals surface area contributed by atoms with Gasteiger partial charge in [-0.1, -0.05) is 32.6 Å². The summed E-state index contributed by atoms with van der Waals surface area (Å²) in [6, 6.07) is 2.13. The molecular formula is C22H32N4O. The van der Waals surface area contributed by atoms with Crippen LogP contribution in [0, 0.1) is 13.8 Å². The Balaban J connectivity index is 2.70. The molecule has 0 aromatic carbocycles. The van der Waals surface area contributed by atoms with Gasteiger partial charge in [-0.3, -0.25) is 0 Å². The topological polar surface area (TPSA) is 42.7 Å². The molecule has 0 saturated heterocycles. The number of rotatable bonds is 9. The number of aromatic nitrogens is 3. The van der Waals surface area contributed by atoms with Crippen molar-refractivity contribution in [3.63, 3.8) is 0 Å². The van der Waals surface area contributed by atoms with Gasteiger partial charge in [-0.15, -0.1) is 0 Å². The average Bonchev–Trinajstić information content (AvgIpc) is 2.97. The molecule has 146 valence electrons. The summed E-state index contributed by atoms with van der Waals surface area (Å²) < 4.78 is 7.22. The Morgan fingerprint density at radius 2 is 1.89 bits per heavy atom. The van der Waals surface area contributed by atoms with Crippen molar-refractivity contribution in [1.29, 1.82) is 0 Å². The average molecular weight is 369 g/mol. The maximum absolute atomic E-state index is 5.24. The summed E-state index contributed by atoms with van der Waals surface area (Å²) in [5.74, 6) is 1.94. The van der Waals surface area contributed by atoms with Crippen molar-refractivity contribution in [3.05, 3.63) is 53.6 Å². The van der Waals surface area contributed by atoms with Gasteiger partial charge < -0.3 is 9.64 Å². The Morgan fingerprint density at radius 1 is 1.22 bits per heavy atom. The van der Waals surface area contributed by atoms with Gasteiger partial charge in [0.1, 0.15) is 5.82 Å². The molecule has 0 N–H and O–H groups in total. The molecule has 5 heteroatoms. The zero-order chi connectivity index (χ0) is 20.0. The second-order valence-corrected chi connectivity index (χ2v) is 6.75. The number of hydrogen-bond acceptors (Lipinski definition) is 4. The number of hydrogen-bond donors (Lipinski definition) is 0. The van der Waals surface area contributed by atoms with E-state index in [9.17, 15) is 0 Å². The summed E-state index contributed by atoms with van der Waals surface area (Å²) in [4.78, 5) is 7.20. The van der Waals surface area contributed by atoms with Gasteiger partial charge in [-0.25, -0.2) is 4.98 Å². The van der Waals surface area contributed by atoms with Crippen LogP contribution in [0.5, 0.6) is 0 Å². The lowest BCUT2D eigenvalue weighted by atomic mass is 10.1. The highest BCUT2D eigenvalue weighted by atomic mass is 16.5. The minimum Gasteiger partial charge on any atom is -0.501 e. The molecule has 2 rings (SSSR count). The summed E-state index contributed by atoms with van der Waals surface area (Å²) in [7, 11) is 1.67. The molecule has 0 spiro atoms. The van der Waals surface area contributed by atoms with Crippen LogP contribution in [0.4, 0.5) is 5.82 Å². The Kier molecular flexibility index (Phi) is 7.22. The van der Waals surface area contributed by atoms with Crippen molar-refractivity contribution in [2.75, 3.05) is 25.1 Å². The number of anilines is 1.